The Morgan fingerprint density at radius 3 is 2.41 bits per heavy atom. The molecule has 2 aliphatic heterocycles. The van der Waals surface area contributed by atoms with Gasteiger partial charge in [0.15, 0.2) is 0 Å². The molecule has 8 nitrogen and oxygen atoms in total. The molecule has 8 heteroatoms. The zero-order valence-corrected chi connectivity index (χ0v) is 13.0. The van der Waals surface area contributed by atoms with Crippen molar-refractivity contribution in [3.8, 4) is 0 Å². The number of hydrogen-bond donors (Lipinski definition) is 3. The van der Waals surface area contributed by atoms with E-state index in [1.807, 2.05) is 0 Å². The third-order valence-corrected chi connectivity index (χ3v) is 4.59. The van der Waals surface area contributed by atoms with Gasteiger partial charge < -0.3 is 20.4 Å². The first kappa shape index (κ1) is 16.7. The number of imide groups is 1. The molecule has 22 heavy (non-hydrogen) atoms. The average molecular weight is 313 g/mol. The molecule has 0 aromatic heterocycles. The van der Waals surface area contributed by atoms with Gasteiger partial charge in [-0.25, -0.2) is 14.5 Å². The van der Waals surface area contributed by atoms with Crippen LogP contribution in [0.15, 0.2) is 0 Å². The smallest absolute Gasteiger partial charge is 0.329 e. The van der Waals surface area contributed by atoms with E-state index in [0.29, 0.717) is 32.4 Å². The van der Waals surface area contributed by atoms with E-state index in [9.17, 15) is 19.5 Å². The van der Waals surface area contributed by atoms with Gasteiger partial charge in [-0.05, 0) is 33.1 Å². The Balaban J connectivity index is 2.11. The Hall–Kier alpha value is -1.67. The van der Waals surface area contributed by atoms with E-state index in [2.05, 4.69) is 10.2 Å². The average Bonchev–Trinajstić information content (AvgIpc) is 2.69. The number of nitrogens with one attached hydrogen (secondary N) is 1. The molecule has 0 radical (unpaired) electrons. The molecular formula is C14H23N3O5. The van der Waals surface area contributed by atoms with Gasteiger partial charge in [0.25, 0.3) is 5.91 Å². The summed E-state index contributed by atoms with van der Waals surface area (Å²) < 4.78 is 0. The van der Waals surface area contributed by atoms with E-state index in [1.165, 1.54) is 13.8 Å². The molecule has 2 aliphatic rings. The summed E-state index contributed by atoms with van der Waals surface area (Å²) in [7, 11) is 0. The molecule has 0 aromatic carbocycles. The molecule has 2 fully saturated rings. The Labute approximate surface area is 129 Å². The van der Waals surface area contributed by atoms with Gasteiger partial charge in [0, 0.05) is 26.2 Å². The Bertz CT molecular complexity index is 483. The van der Waals surface area contributed by atoms with E-state index in [-0.39, 0.29) is 6.61 Å². The summed E-state index contributed by atoms with van der Waals surface area (Å²) in [5, 5.41) is 20.8. The molecule has 0 bridgehead atoms. The first-order valence-corrected chi connectivity index (χ1v) is 7.48. The largest absolute Gasteiger partial charge is 0.480 e. The molecule has 124 valence electrons. The van der Waals surface area contributed by atoms with Crippen molar-refractivity contribution < 1.29 is 24.6 Å². The zero-order valence-electron chi connectivity index (χ0n) is 13.0. The van der Waals surface area contributed by atoms with Crippen LogP contribution in [0.2, 0.25) is 0 Å². The topological polar surface area (TPSA) is 110 Å². The third kappa shape index (κ3) is 2.68. The maximum Gasteiger partial charge on any atom is 0.329 e. The number of hydrogen-bond acceptors (Lipinski definition) is 5. The maximum absolute atomic E-state index is 12.7. The van der Waals surface area contributed by atoms with Crippen LogP contribution in [0, 0.1) is 0 Å². The van der Waals surface area contributed by atoms with E-state index in [0.717, 1.165) is 11.4 Å². The van der Waals surface area contributed by atoms with E-state index in [1.54, 1.807) is 0 Å². The third-order valence-electron chi connectivity index (χ3n) is 4.59. The van der Waals surface area contributed by atoms with Gasteiger partial charge in [0.05, 0.1) is 0 Å². The maximum atomic E-state index is 12.7. The van der Waals surface area contributed by atoms with Crippen molar-refractivity contribution in [1.29, 1.82) is 0 Å². The van der Waals surface area contributed by atoms with Crippen molar-refractivity contribution in [2.75, 3.05) is 26.2 Å². The van der Waals surface area contributed by atoms with Crippen LogP contribution >= 0.6 is 0 Å². The van der Waals surface area contributed by atoms with Crippen LogP contribution < -0.4 is 5.32 Å². The van der Waals surface area contributed by atoms with Crippen molar-refractivity contribution in [3.63, 3.8) is 0 Å². The number of piperidine rings is 1. The van der Waals surface area contributed by atoms with Crippen molar-refractivity contribution in [3.05, 3.63) is 0 Å². The summed E-state index contributed by atoms with van der Waals surface area (Å²) in [5.41, 5.74) is -2.56. The van der Waals surface area contributed by atoms with E-state index < -0.39 is 29.0 Å². The molecule has 0 saturated carbocycles. The Kier molecular flexibility index (Phi) is 4.44. The van der Waals surface area contributed by atoms with Crippen LogP contribution in [0.4, 0.5) is 4.79 Å². The molecule has 0 aliphatic carbocycles. The molecule has 3 N–H and O–H groups in total. The minimum Gasteiger partial charge on any atom is -0.480 e. The number of amides is 3. The fourth-order valence-electron chi connectivity index (χ4n) is 3.02. The summed E-state index contributed by atoms with van der Waals surface area (Å²) in [5.74, 6) is -1.67. The van der Waals surface area contributed by atoms with Crippen LogP contribution in [-0.4, -0.2) is 75.2 Å². The van der Waals surface area contributed by atoms with Crippen LogP contribution in [-0.2, 0) is 9.59 Å². The predicted molar refractivity (Wildman–Crippen MR) is 77.2 cm³/mol. The lowest BCUT2D eigenvalue weighted by molar-refractivity contribution is -0.154. The standard InChI is InChI=1S/C14H23N3O5/c1-13(2,11(20)21)17-10(19)14(15-12(17)22)4-7-16(8-5-14)6-3-9-18/h18H,3-9H2,1-2H3,(H,15,22)(H,20,21). The number of aliphatic hydroxyl groups is 1. The molecule has 0 unspecified atom stereocenters. The molecule has 0 atom stereocenters. The second-order valence-corrected chi connectivity index (χ2v) is 6.44. The highest BCUT2D eigenvalue weighted by Gasteiger charge is 2.57. The SMILES string of the molecule is CC(C)(C(=O)O)N1C(=O)NC2(CCN(CCCO)CC2)C1=O. The van der Waals surface area contributed by atoms with Crippen molar-refractivity contribution in [2.24, 2.45) is 0 Å². The van der Waals surface area contributed by atoms with Gasteiger partial charge in [-0.2, -0.15) is 0 Å². The van der Waals surface area contributed by atoms with Gasteiger partial charge in [-0.1, -0.05) is 0 Å². The first-order valence-electron chi connectivity index (χ1n) is 7.48. The van der Waals surface area contributed by atoms with E-state index >= 15 is 0 Å². The van der Waals surface area contributed by atoms with Gasteiger partial charge in [-0.3, -0.25) is 4.79 Å². The van der Waals surface area contributed by atoms with Gasteiger partial charge >= 0.3 is 12.0 Å². The number of rotatable bonds is 5. The fourth-order valence-corrected chi connectivity index (χ4v) is 3.02. The zero-order chi connectivity index (χ0) is 16.5. The van der Waals surface area contributed by atoms with Crippen molar-refractivity contribution in [1.82, 2.24) is 15.1 Å². The quantitative estimate of drug-likeness (QED) is 0.597. The number of aliphatic carboxylic acids is 1. The molecule has 2 saturated heterocycles. The molecule has 2 heterocycles. The number of likely N-dealkylation sites (tertiary alicyclic amines) is 1. The molecule has 1 spiro atoms. The molecule has 3 amide bonds. The molecular weight excluding hydrogens is 290 g/mol. The number of nitrogens with zero attached hydrogens (tertiary/aromatic N) is 2. The summed E-state index contributed by atoms with van der Waals surface area (Å²) in [4.78, 5) is 39.1. The summed E-state index contributed by atoms with van der Waals surface area (Å²) in [6, 6.07) is -0.638. The normalized spacial score (nSPS) is 22.2. The van der Waals surface area contributed by atoms with Crippen LogP contribution in [0.1, 0.15) is 33.1 Å². The highest BCUT2D eigenvalue weighted by Crippen LogP contribution is 2.33. The Morgan fingerprint density at radius 1 is 1.32 bits per heavy atom. The minimum absolute atomic E-state index is 0.123. The number of aliphatic hydroxyl groups excluding tert-OH is 1. The summed E-state index contributed by atoms with van der Waals surface area (Å²) in [6.45, 7) is 4.84. The molecule has 0 aromatic rings. The van der Waals surface area contributed by atoms with Crippen molar-refractivity contribution >= 4 is 17.9 Å². The Morgan fingerprint density at radius 2 is 1.91 bits per heavy atom. The predicted octanol–water partition coefficient (Wildman–Crippen LogP) is -0.382. The highest BCUT2D eigenvalue weighted by atomic mass is 16.4. The number of carbonyl (C=O) groups excluding carboxylic acids is 2. The van der Waals surface area contributed by atoms with Crippen LogP contribution in [0.5, 0.6) is 0 Å². The van der Waals surface area contributed by atoms with Gasteiger partial charge in [-0.15, -0.1) is 0 Å². The number of carbonyl (C=O) groups is 3. The number of carboxylic acids is 1. The number of urea groups is 1. The van der Waals surface area contributed by atoms with Gasteiger partial charge in [0.2, 0.25) is 0 Å². The van der Waals surface area contributed by atoms with Gasteiger partial charge in [0.1, 0.15) is 11.1 Å². The second kappa shape index (κ2) is 5.85. The lowest BCUT2D eigenvalue weighted by atomic mass is 9.86. The summed E-state index contributed by atoms with van der Waals surface area (Å²) in [6.07, 6.45) is 1.58. The monoisotopic (exact) mass is 313 g/mol. The lowest BCUT2D eigenvalue weighted by Crippen LogP contribution is -2.57. The van der Waals surface area contributed by atoms with Crippen LogP contribution in [0.3, 0.4) is 0 Å². The minimum atomic E-state index is -1.57. The van der Waals surface area contributed by atoms with E-state index in [4.69, 9.17) is 5.11 Å². The first-order chi connectivity index (χ1) is 10.2. The summed E-state index contributed by atoms with van der Waals surface area (Å²) >= 11 is 0. The van der Waals surface area contributed by atoms with Crippen LogP contribution in [0.25, 0.3) is 0 Å². The molecule has 2 rings (SSSR count). The highest BCUT2D eigenvalue weighted by molar-refractivity contribution is 6.10. The fraction of sp³-hybridized carbons (Fsp3) is 0.786. The second-order valence-electron chi connectivity index (χ2n) is 6.44. The lowest BCUT2D eigenvalue weighted by Gasteiger charge is -2.38. The van der Waals surface area contributed by atoms with Crippen molar-refractivity contribution in [2.45, 2.75) is 44.2 Å². The number of carboxylic acid groups (broad SMARTS) is 1.